The normalized spacial score (nSPS) is 12.2. The highest BCUT2D eigenvalue weighted by molar-refractivity contribution is 7.54. The first kappa shape index (κ1) is 27.8. The standard InChI is InChI=1S/C20H34O9P2/c1-6-26-30(23,27-7-2)12-10-16-14-18(20(22)25-5)15-17(19(16)21)11-13-31(24,28-8-3)29-9-4/h14-15,21H,6-13H2,1-5H3. The van der Waals surface area contributed by atoms with Crippen molar-refractivity contribution in [2.45, 2.75) is 40.5 Å². The van der Waals surface area contributed by atoms with Crippen LogP contribution in [0.4, 0.5) is 0 Å². The second-order valence-corrected chi connectivity index (χ2v) is 10.8. The summed E-state index contributed by atoms with van der Waals surface area (Å²) in [4.78, 5) is 12.1. The first-order chi connectivity index (χ1) is 14.7. The highest BCUT2D eigenvalue weighted by Gasteiger charge is 2.27. The fourth-order valence-electron chi connectivity index (χ4n) is 3.01. The number of benzene rings is 1. The second kappa shape index (κ2) is 13.4. The molecule has 0 aromatic heterocycles. The van der Waals surface area contributed by atoms with E-state index < -0.39 is 21.2 Å². The first-order valence-electron chi connectivity index (χ1n) is 10.4. The van der Waals surface area contributed by atoms with Crippen molar-refractivity contribution in [2.75, 3.05) is 45.9 Å². The number of aromatic hydroxyl groups is 1. The maximum absolute atomic E-state index is 12.8. The fraction of sp³-hybridized carbons (Fsp3) is 0.650. The highest BCUT2D eigenvalue weighted by atomic mass is 31.2. The van der Waals surface area contributed by atoms with Crippen LogP contribution >= 0.6 is 15.2 Å². The third-order valence-corrected chi connectivity index (χ3v) is 8.45. The lowest BCUT2D eigenvalue weighted by atomic mass is 10.0. The monoisotopic (exact) mass is 480 g/mol. The van der Waals surface area contributed by atoms with E-state index in [1.165, 1.54) is 19.2 Å². The lowest BCUT2D eigenvalue weighted by Gasteiger charge is -2.19. The molecule has 9 nitrogen and oxygen atoms in total. The van der Waals surface area contributed by atoms with Gasteiger partial charge in [-0.05, 0) is 63.8 Å². The summed E-state index contributed by atoms with van der Waals surface area (Å²) in [6.45, 7) is 7.76. The number of methoxy groups -OCH3 is 1. The van der Waals surface area contributed by atoms with E-state index in [1.54, 1.807) is 27.7 Å². The predicted molar refractivity (Wildman–Crippen MR) is 118 cm³/mol. The number of carbonyl (C=O) groups is 1. The first-order valence-corrected chi connectivity index (χ1v) is 13.8. The van der Waals surface area contributed by atoms with Gasteiger partial charge in [0.1, 0.15) is 5.75 Å². The van der Waals surface area contributed by atoms with Crippen LogP contribution in [0.25, 0.3) is 0 Å². The summed E-state index contributed by atoms with van der Waals surface area (Å²) in [5.74, 6) is -0.662. The minimum atomic E-state index is -3.34. The number of hydrogen-bond acceptors (Lipinski definition) is 9. The largest absolute Gasteiger partial charge is 0.507 e. The van der Waals surface area contributed by atoms with Crippen molar-refractivity contribution in [3.05, 3.63) is 28.8 Å². The zero-order chi connectivity index (χ0) is 23.5. The number of esters is 1. The average Bonchev–Trinajstić information content (AvgIpc) is 2.72. The molecule has 0 fully saturated rings. The quantitative estimate of drug-likeness (QED) is 0.279. The van der Waals surface area contributed by atoms with Gasteiger partial charge in [-0.1, -0.05) is 0 Å². The molecule has 0 saturated heterocycles. The SMILES string of the molecule is CCOP(=O)(CCc1cc(C(=O)OC)cc(CCP(=O)(OCC)OCC)c1O)OCC. The predicted octanol–water partition coefficient (Wildman–Crippen LogP) is 4.80. The summed E-state index contributed by atoms with van der Waals surface area (Å²) < 4.78 is 51.5. The molecule has 0 heterocycles. The molecule has 1 aromatic carbocycles. The van der Waals surface area contributed by atoms with E-state index in [0.717, 1.165) is 0 Å². The van der Waals surface area contributed by atoms with Crippen molar-refractivity contribution in [3.63, 3.8) is 0 Å². The zero-order valence-corrected chi connectivity index (χ0v) is 20.7. The summed E-state index contributed by atoms with van der Waals surface area (Å²) in [7, 11) is -5.42. The van der Waals surface area contributed by atoms with Crippen molar-refractivity contribution in [1.82, 2.24) is 0 Å². The molecule has 0 aliphatic rings. The van der Waals surface area contributed by atoms with Crippen molar-refractivity contribution in [1.29, 1.82) is 0 Å². The van der Waals surface area contributed by atoms with Crippen molar-refractivity contribution in [2.24, 2.45) is 0 Å². The molecule has 1 aromatic rings. The van der Waals surface area contributed by atoms with Gasteiger partial charge < -0.3 is 27.9 Å². The third-order valence-electron chi connectivity index (χ3n) is 4.30. The molecule has 1 N–H and O–H groups in total. The van der Waals surface area contributed by atoms with E-state index in [9.17, 15) is 19.0 Å². The van der Waals surface area contributed by atoms with Crippen LogP contribution in [0, 0.1) is 0 Å². The van der Waals surface area contributed by atoms with E-state index in [-0.39, 0.29) is 62.9 Å². The number of carbonyl (C=O) groups excluding carboxylic acids is 1. The van der Waals surface area contributed by atoms with Crippen molar-refractivity contribution >= 4 is 21.2 Å². The van der Waals surface area contributed by atoms with Crippen LogP contribution in [0.3, 0.4) is 0 Å². The molecule has 0 radical (unpaired) electrons. The molecule has 0 amide bonds. The van der Waals surface area contributed by atoms with Gasteiger partial charge in [0.25, 0.3) is 0 Å². The van der Waals surface area contributed by atoms with Gasteiger partial charge in [-0.2, -0.15) is 0 Å². The van der Waals surface area contributed by atoms with E-state index in [1.807, 2.05) is 0 Å². The van der Waals surface area contributed by atoms with Crippen LogP contribution in [0.5, 0.6) is 5.75 Å². The Morgan fingerprint density at radius 1 is 0.806 bits per heavy atom. The minimum absolute atomic E-state index is 0.0304. The van der Waals surface area contributed by atoms with Gasteiger partial charge in [-0.3, -0.25) is 9.13 Å². The molecule has 11 heteroatoms. The maximum Gasteiger partial charge on any atom is 0.337 e. The van der Waals surface area contributed by atoms with Gasteiger partial charge in [0, 0.05) is 0 Å². The third kappa shape index (κ3) is 8.68. The molecule has 178 valence electrons. The van der Waals surface area contributed by atoms with Crippen LogP contribution < -0.4 is 0 Å². The summed E-state index contributed by atoms with van der Waals surface area (Å²) in [6.07, 6.45) is 0.358. The Labute approximate surface area is 184 Å². The van der Waals surface area contributed by atoms with Crippen LogP contribution in [-0.4, -0.2) is 56.9 Å². The molecule has 0 aliphatic heterocycles. The van der Waals surface area contributed by atoms with E-state index in [4.69, 9.17) is 22.8 Å². The second-order valence-electron chi connectivity index (χ2n) is 6.47. The Hall–Kier alpha value is -1.21. The van der Waals surface area contributed by atoms with Gasteiger partial charge in [-0.25, -0.2) is 4.79 Å². The van der Waals surface area contributed by atoms with Crippen LogP contribution in [-0.2, 0) is 44.8 Å². The topological polar surface area (TPSA) is 118 Å². The number of ether oxygens (including phenoxy) is 1. The fourth-order valence-corrected chi connectivity index (χ4v) is 6.28. The minimum Gasteiger partial charge on any atom is -0.507 e. The molecule has 0 spiro atoms. The van der Waals surface area contributed by atoms with E-state index in [0.29, 0.717) is 11.1 Å². The molecule has 31 heavy (non-hydrogen) atoms. The van der Waals surface area contributed by atoms with Gasteiger partial charge >= 0.3 is 21.2 Å². The molecular formula is C20H34O9P2. The average molecular weight is 480 g/mol. The molecule has 0 bridgehead atoms. The van der Waals surface area contributed by atoms with Gasteiger partial charge in [0.2, 0.25) is 0 Å². The highest BCUT2D eigenvalue weighted by Crippen LogP contribution is 2.50. The Morgan fingerprint density at radius 2 is 1.16 bits per heavy atom. The Bertz CT molecular complexity index is 735. The Kier molecular flexibility index (Phi) is 12.0. The molecular weight excluding hydrogens is 446 g/mol. The maximum atomic E-state index is 12.8. The van der Waals surface area contributed by atoms with E-state index >= 15 is 0 Å². The number of phenolic OH excluding ortho intramolecular Hbond substituents is 1. The number of rotatable bonds is 15. The van der Waals surface area contributed by atoms with Crippen LogP contribution in [0.1, 0.15) is 49.2 Å². The molecule has 0 unspecified atom stereocenters. The van der Waals surface area contributed by atoms with Crippen molar-refractivity contribution in [3.8, 4) is 5.75 Å². The molecule has 0 aliphatic carbocycles. The lowest BCUT2D eigenvalue weighted by molar-refractivity contribution is 0.0600. The van der Waals surface area contributed by atoms with Crippen LogP contribution in [0.2, 0.25) is 0 Å². The van der Waals surface area contributed by atoms with Gasteiger partial charge in [0.15, 0.2) is 0 Å². The summed E-state index contributed by atoms with van der Waals surface area (Å²) in [5.41, 5.74) is 0.996. The summed E-state index contributed by atoms with van der Waals surface area (Å²) in [6, 6.07) is 2.97. The van der Waals surface area contributed by atoms with Gasteiger partial charge in [0.05, 0.1) is 51.4 Å². The molecule has 1 rings (SSSR count). The molecule has 0 saturated carbocycles. The number of phenols is 1. The van der Waals surface area contributed by atoms with Gasteiger partial charge in [-0.15, -0.1) is 0 Å². The Balaban J connectivity index is 3.21. The summed E-state index contributed by atoms with van der Waals surface area (Å²) >= 11 is 0. The zero-order valence-electron chi connectivity index (χ0n) is 18.9. The summed E-state index contributed by atoms with van der Waals surface area (Å²) in [5, 5.41) is 10.8. The number of hydrogen-bond donors (Lipinski definition) is 1. The van der Waals surface area contributed by atoms with Crippen molar-refractivity contribution < 1.29 is 41.9 Å². The number of aryl methyl sites for hydroxylation is 2. The smallest absolute Gasteiger partial charge is 0.337 e. The lowest BCUT2D eigenvalue weighted by Crippen LogP contribution is -2.08. The Morgan fingerprint density at radius 3 is 1.45 bits per heavy atom. The van der Waals surface area contributed by atoms with Crippen LogP contribution in [0.15, 0.2) is 12.1 Å². The van der Waals surface area contributed by atoms with E-state index in [2.05, 4.69) is 0 Å². The molecule has 0 atom stereocenters.